The number of hydrogen-bond donors (Lipinski definition) is 4. The number of imidazole rings is 1. The van der Waals surface area contributed by atoms with Gasteiger partial charge in [0.1, 0.15) is 0 Å². The fraction of sp³-hybridized carbons (Fsp3) is 0.421. The molecule has 258 valence electrons. The van der Waals surface area contributed by atoms with Crippen LogP contribution in [0.5, 0.6) is 0 Å². The van der Waals surface area contributed by atoms with Gasteiger partial charge in [-0.2, -0.15) is 0 Å². The standard InChI is InChI=1S/C38H51N4O5P/c1-30(2)42(31(3)4)36(29-39,38(46-5,47-6)48(43,44,45)28-18-10-17-25-35-40-26-27-41-35)37(32-19-11-7-12-20-32,33-21-13-8-14-22-33)34-23-15-9-16-24-34/h7-9,11-16,19-24,26-27,30-31,43-45H,10,17-18,25,28H2,1-6H3,(H,40,41). The zero-order valence-corrected chi connectivity index (χ0v) is 29.8. The van der Waals surface area contributed by atoms with Gasteiger partial charge in [-0.3, -0.25) is 0 Å². The average molecular weight is 675 g/mol. The third kappa shape index (κ3) is 6.23. The molecule has 1 aromatic heterocycles. The Morgan fingerprint density at radius 2 is 1.23 bits per heavy atom. The third-order valence-electron chi connectivity index (χ3n) is 9.48. The number of H-pyrrole nitrogens is 1. The number of hydrogen-bond acceptors (Lipinski definition) is 8. The van der Waals surface area contributed by atoms with Crippen LogP contribution >= 0.6 is 7.28 Å². The van der Waals surface area contributed by atoms with Crippen LogP contribution in [-0.2, 0) is 21.3 Å². The first-order chi connectivity index (χ1) is 22.9. The Morgan fingerprint density at radius 3 is 1.58 bits per heavy atom. The molecule has 4 aromatic rings. The summed E-state index contributed by atoms with van der Waals surface area (Å²) in [6, 6.07) is 30.5. The van der Waals surface area contributed by atoms with Gasteiger partial charge in [-0.1, -0.05) is 0 Å². The Bertz CT molecular complexity index is 1490. The van der Waals surface area contributed by atoms with Gasteiger partial charge in [0, 0.05) is 0 Å². The SMILES string of the molecule is COC(OC)(C(C#N)(N(C(C)C)C(C)C)C(c1ccccc1)(c1ccccc1)c1ccccc1)P(O)(O)(O)CCCCCc1ncc[nH]1. The van der Waals surface area contributed by atoms with Crippen LogP contribution in [0, 0.1) is 11.3 Å². The summed E-state index contributed by atoms with van der Waals surface area (Å²) in [6.07, 6.45) is 5.16. The van der Waals surface area contributed by atoms with E-state index in [9.17, 15) is 19.9 Å². The summed E-state index contributed by atoms with van der Waals surface area (Å²) in [5.74, 6) is 0.832. The molecule has 9 nitrogen and oxygen atoms in total. The number of aryl methyl sites for hydroxylation is 1. The second-order valence-electron chi connectivity index (χ2n) is 13.0. The number of unbranched alkanes of at least 4 members (excludes halogenated alkanes) is 2. The summed E-state index contributed by atoms with van der Waals surface area (Å²) in [7, 11) is -3.61. The van der Waals surface area contributed by atoms with Crippen molar-refractivity contribution in [3.05, 3.63) is 126 Å². The molecule has 48 heavy (non-hydrogen) atoms. The molecule has 0 aliphatic heterocycles. The van der Waals surface area contributed by atoms with Gasteiger partial charge in [0.05, 0.1) is 0 Å². The molecule has 0 amide bonds. The van der Waals surface area contributed by atoms with E-state index in [2.05, 4.69) is 16.0 Å². The topological polar surface area (TPSA) is 135 Å². The van der Waals surface area contributed by atoms with E-state index in [1.807, 2.05) is 124 Å². The van der Waals surface area contributed by atoms with E-state index in [0.717, 1.165) is 5.82 Å². The van der Waals surface area contributed by atoms with E-state index in [1.165, 1.54) is 14.2 Å². The minimum absolute atomic E-state index is 0.233. The van der Waals surface area contributed by atoms with E-state index in [4.69, 9.17) is 9.47 Å². The molecule has 0 aliphatic carbocycles. The summed E-state index contributed by atoms with van der Waals surface area (Å²) >= 11 is 0. The second kappa shape index (κ2) is 15.0. The van der Waals surface area contributed by atoms with Gasteiger partial charge in [-0.05, 0) is 0 Å². The molecule has 0 radical (unpaired) electrons. The van der Waals surface area contributed by atoms with Crippen LogP contribution in [0.3, 0.4) is 0 Å². The van der Waals surface area contributed by atoms with Crippen LogP contribution < -0.4 is 0 Å². The minimum atomic E-state index is -6.17. The van der Waals surface area contributed by atoms with Crippen LogP contribution in [0.25, 0.3) is 0 Å². The number of nitrogens with one attached hydrogen (secondary N) is 1. The molecular weight excluding hydrogens is 623 g/mol. The Kier molecular flexibility index (Phi) is 11.7. The first-order valence-electron chi connectivity index (χ1n) is 16.6. The number of aromatic amines is 1. The molecule has 0 saturated carbocycles. The summed E-state index contributed by atoms with van der Waals surface area (Å²) in [5.41, 5.74) is -4.31. The van der Waals surface area contributed by atoms with E-state index < -0.39 is 29.9 Å². The van der Waals surface area contributed by atoms with Gasteiger partial charge in [0.15, 0.2) is 0 Å². The van der Waals surface area contributed by atoms with Crippen molar-refractivity contribution in [3.63, 3.8) is 0 Å². The first kappa shape index (κ1) is 37.4. The van der Waals surface area contributed by atoms with Crippen molar-refractivity contribution in [2.45, 2.75) is 81.9 Å². The van der Waals surface area contributed by atoms with Crippen molar-refractivity contribution in [2.24, 2.45) is 0 Å². The Hall–Kier alpha value is -3.45. The molecule has 4 rings (SSSR count). The molecule has 0 bridgehead atoms. The number of benzene rings is 3. The van der Waals surface area contributed by atoms with E-state index in [0.29, 0.717) is 36.0 Å². The summed E-state index contributed by atoms with van der Waals surface area (Å²) in [4.78, 5) is 47.2. The molecular formula is C38H51N4O5P. The van der Waals surface area contributed by atoms with Crippen molar-refractivity contribution in [1.82, 2.24) is 14.9 Å². The average Bonchev–Trinajstić information content (AvgIpc) is 3.60. The molecule has 10 heteroatoms. The molecule has 1 unspecified atom stereocenters. The number of nitrogens with zero attached hydrogens (tertiary/aromatic N) is 3. The van der Waals surface area contributed by atoms with E-state index >= 15 is 0 Å². The Morgan fingerprint density at radius 1 is 0.771 bits per heavy atom. The van der Waals surface area contributed by atoms with Crippen LogP contribution in [0.2, 0.25) is 0 Å². The van der Waals surface area contributed by atoms with Crippen LogP contribution in [0.1, 0.15) is 69.5 Å². The molecule has 0 aliphatic rings. The predicted molar refractivity (Wildman–Crippen MR) is 191 cm³/mol. The van der Waals surface area contributed by atoms with Gasteiger partial charge in [-0.15, -0.1) is 0 Å². The molecule has 1 heterocycles. The van der Waals surface area contributed by atoms with Gasteiger partial charge < -0.3 is 0 Å². The number of ether oxygens (including phenoxy) is 2. The van der Waals surface area contributed by atoms with Crippen molar-refractivity contribution in [2.75, 3.05) is 20.4 Å². The molecule has 1 atom stereocenters. The maximum absolute atomic E-state index is 12.7. The van der Waals surface area contributed by atoms with Crippen molar-refractivity contribution < 1.29 is 24.2 Å². The monoisotopic (exact) mass is 674 g/mol. The zero-order valence-electron chi connectivity index (χ0n) is 29.0. The van der Waals surface area contributed by atoms with Crippen LogP contribution in [0.15, 0.2) is 103 Å². The van der Waals surface area contributed by atoms with Gasteiger partial charge in [0.25, 0.3) is 0 Å². The van der Waals surface area contributed by atoms with E-state index in [-0.39, 0.29) is 18.5 Å². The van der Waals surface area contributed by atoms with Crippen molar-refractivity contribution in [3.8, 4) is 6.07 Å². The molecule has 0 fully saturated rings. The third-order valence-corrected chi connectivity index (χ3v) is 12.5. The van der Waals surface area contributed by atoms with Crippen LogP contribution in [0.4, 0.5) is 0 Å². The summed E-state index contributed by atoms with van der Waals surface area (Å²) < 4.78 is 12.6. The van der Waals surface area contributed by atoms with Gasteiger partial charge >= 0.3 is 286 Å². The maximum atomic E-state index is 12.7. The zero-order chi connectivity index (χ0) is 35.1. The predicted octanol–water partition coefficient (Wildman–Crippen LogP) is 6.76. The van der Waals surface area contributed by atoms with Crippen molar-refractivity contribution >= 4 is 7.28 Å². The number of nitriles is 1. The molecule has 3 aromatic carbocycles. The summed E-state index contributed by atoms with van der Waals surface area (Å²) in [5, 5.41) is 12.1. The number of methoxy groups -OCH3 is 2. The summed E-state index contributed by atoms with van der Waals surface area (Å²) in [6.45, 7) is 7.79. The normalized spacial score (nSPS) is 14.9. The second-order valence-corrected chi connectivity index (χ2v) is 16.3. The van der Waals surface area contributed by atoms with Gasteiger partial charge in [0.2, 0.25) is 0 Å². The van der Waals surface area contributed by atoms with Crippen LogP contribution in [-0.4, -0.2) is 73.1 Å². The fourth-order valence-corrected chi connectivity index (χ4v) is 10.8. The van der Waals surface area contributed by atoms with Crippen molar-refractivity contribution in [1.29, 1.82) is 5.26 Å². The Labute approximate surface area is 285 Å². The fourth-order valence-electron chi connectivity index (χ4n) is 7.91. The van der Waals surface area contributed by atoms with Gasteiger partial charge in [-0.25, -0.2) is 0 Å². The number of aromatic nitrogens is 2. The molecule has 4 N–H and O–H groups in total. The van der Waals surface area contributed by atoms with E-state index in [1.54, 1.807) is 12.4 Å². The first-order valence-corrected chi connectivity index (χ1v) is 18.9. The molecule has 0 spiro atoms. The Balaban J connectivity index is 2.14. The quantitative estimate of drug-likeness (QED) is 0.0418. The molecule has 0 saturated heterocycles. The number of rotatable bonds is 17.